The molecule has 1 heterocycles. The van der Waals surface area contributed by atoms with Gasteiger partial charge in [0, 0.05) is 36.5 Å². The maximum atomic E-state index is 5.61. The van der Waals surface area contributed by atoms with Gasteiger partial charge >= 0.3 is 0 Å². The molecule has 22 heavy (non-hydrogen) atoms. The molecule has 0 spiro atoms. The van der Waals surface area contributed by atoms with Gasteiger partial charge in [0.2, 0.25) is 0 Å². The first-order chi connectivity index (χ1) is 10.8. The van der Waals surface area contributed by atoms with Crippen molar-refractivity contribution in [3.8, 4) is 5.75 Å². The van der Waals surface area contributed by atoms with E-state index < -0.39 is 0 Å². The Morgan fingerprint density at radius 2 is 1.82 bits per heavy atom. The minimum Gasteiger partial charge on any atom is -0.496 e. The Morgan fingerprint density at radius 1 is 1.09 bits per heavy atom. The standard InChI is InChI=1S/C19H24N2O/c1-22-18-7-3-2-6-17(18)19(10-4-5-11-19)15-21-14-16-8-12-20-13-9-16/h2-3,6-9,12-13,21H,4-5,10-11,14-15H2,1H3. The van der Waals surface area contributed by atoms with Crippen molar-refractivity contribution in [1.29, 1.82) is 0 Å². The monoisotopic (exact) mass is 296 g/mol. The van der Waals surface area contributed by atoms with E-state index in [1.165, 1.54) is 36.8 Å². The first kappa shape index (κ1) is 15.0. The molecule has 2 aromatic rings. The molecule has 1 aliphatic carbocycles. The fourth-order valence-electron chi connectivity index (χ4n) is 3.62. The summed E-state index contributed by atoms with van der Waals surface area (Å²) < 4.78 is 5.61. The summed E-state index contributed by atoms with van der Waals surface area (Å²) in [4.78, 5) is 4.07. The Kier molecular flexibility index (Phi) is 4.74. The minimum absolute atomic E-state index is 0.208. The largest absolute Gasteiger partial charge is 0.496 e. The van der Waals surface area contributed by atoms with Crippen molar-refractivity contribution in [1.82, 2.24) is 10.3 Å². The molecule has 0 atom stereocenters. The Balaban J connectivity index is 1.74. The molecule has 1 saturated carbocycles. The number of ether oxygens (including phenoxy) is 1. The number of aromatic nitrogens is 1. The Hall–Kier alpha value is -1.87. The number of nitrogens with zero attached hydrogens (tertiary/aromatic N) is 1. The highest BCUT2D eigenvalue weighted by Gasteiger charge is 2.37. The van der Waals surface area contributed by atoms with Crippen LogP contribution >= 0.6 is 0 Å². The van der Waals surface area contributed by atoms with Crippen molar-refractivity contribution in [3.63, 3.8) is 0 Å². The lowest BCUT2D eigenvalue weighted by atomic mass is 9.78. The highest BCUT2D eigenvalue weighted by molar-refractivity contribution is 5.40. The molecule has 1 aromatic carbocycles. The lowest BCUT2D eigenvalue weighted by molar-refractivity contribution is 0.361. The molecule has 0 aliphatic heterocycles. The van der Waals surface area contributed by atoms with Crippen LogP contribution in [0.2, 0.25) is 0 Å². The summed E-state index contributed by atoms with van der Waals surface area (Å²) >= 11 is 0. The van der Waals surface area contributed by atoms with E-state index in [-0.39, 0.29) is 5.41 Å². The lowest BCUT2D eigenvalue weighted by Gasteiger charge is -2.31. The molecular weight excluding hydrogens is 272 g/mol. The van der Waals surface area contributed by atoms with Crippen LogP contribution in [0.25, 0.3) is 0 Å². The zero-order valence-corrected chi connectivity index (χ0v) is 13.2. The fraction of sp³-hybridized carbons (Fsp3) is 0.421. The number of benzene rings is 1. The van der Waals surface area contributed by atoms with Gasteiger partial charge in [0.15, 0.2) is 0 Å². The van der Waals surface area contributed by atoms with Gasteiger partial charge in [-0.3, -0.25) is 4.98 Å². The molecule has 3 nitrogen and oxygen atoms in total. The number of pyridine rings is 1. The number of hydrogen-bond donors (Lipinski definition) is 1. The highest BCUT2D eigenvalue weighted by Crippen LogP contribution is 2.44. The molecule has 1 aliphatic rings. The summed E-state index contributed by atoms with van der Waals surface area (Å²) in [5.74, 6) is 1.02. The number of hydrogen-bond acceptors (Lipinski definition) is 3. The van der Waals surface area contributed by atoms with E-state index in [4.69, 9.17) is 4.74 Å². The van der Waals surface area contributed by atoms with Crippen LogP contribution in [-0.2, 0) is 12.0 Å². The van der Waals surface area contributed by atoms with E-state index in [9.17, 15) is 0 Å². The SMILES string of the molecule is COc1ccccc1C1(CNCc2ccncc2)CCCC1. The summed E-state index contributed by atoms with van der Waals surface area (Å²) in [7, 11) is 1.77. The molecule has 1 fully saturated rings. The van der Waals surface area contributed by atoms with Gasteiger partial charge in [0.25, 0.3) is 0 Å². The van der Waals surface area contributed by atoms with Crippen LogP contribution in [0.5, 0.6) is 5.75 Å². The number of methoxy groups -OCH3 is 1. The third-order valence-electron chi connectivity index (χ3n) is 4.78. The second kappa shape index (κ2) is 6.93. The van der Waals surface area contributed by atoms with Crippen molar-refractivity contribution in [2.24, 2.45) is 0 Å². The summed E-state index contributed by atoms with van der Waals surface area (Å²) in [5.41, 5.74) is 2.85. The normalized spacial score (nSPS) is 16.6. The average molecular weight is 296 g/mol. The zero-order valence-electron chi connectivity index (χ0n) is 13.2. The Bertz CT molecular complexity index is 591. The van der Waals surface area contributed by atoms with Gasteiger partial charge in [-0.15, -0.1) is 0 Å². The fourth-order valence-corrected chi connectivity index (χ4v) is 3.62. The molecule has 3 rings (SSSR count). The smallest absolute Gasteiger partial charge is 0.122 e. The van der Waals surface area contributed by atoms with Crippen LogP contribution < -0.4 is 10.1 Å². The van der Waals surface area contributed by atoms with E-state index in [0.29, 0.717) is 0 Å². The van der Waals surface area contributed by atoms with Gasteiger partial charge in [0.1, 0.15) is 5.75 Å². The van der Waals surface area contributed by atoms with Gasteiger partial charge in [0.05, 0.1) is 7.11 Å². The van der Waals surface area contributed by atoms with Gasteiger partial charge in [-0.25, -0.2) is 0 Å². The van der Waals surface area contributed by atoms with E-state index >= 15 is 0 Å². The van der Waals surface area contributed by atoms with E-state index in [0.717, 1.165) is 18.8 Å². The van der Waals surface area contributed by atoms with Crippen LogP contribution in [0.1, 0.15) is 36.8 Å². The third kappa shape index (κ3) is 3.14. The number of para-hydroxylation sites is 1. The predicted molar refractivity (Wildman–Crippen MR) is 89.1 cm³/mol. The molecule has 3 heteroatoms. The predicted octanol–water partition coefficient (Wildman–Crippen LogP) is 3.69. The first-order valence-electron chi connectivity index (χ1n) is 8.07. The van der Waals surface area contributed by atoms with Gasteiger partial charge in [-0.2, -0.15) is 0 Å². The average Bonchev–Trinajstić information content (AvgIpc) is 3.06. The maximum absolute atomic E-state index is 5.61. The van der Waals surface area contributed by atoms with Crippen molar-refractivity contribution in [2.45, 2.75) is 37.6 Å². The van der Waals surface area contributed by atoms with Crippen LogP contribution in [0.15, 0.2) is 48.8 Å². The summed E-state index contributed by atoms with van der Waals surface area (Å²) in [6.45, 7) is 1.88. The third-order valence-corrected chi connectivity index (χ3v) is 4.78. The molecule has 116 valence electrons. The first-order valence-corrected chi connectivity index (χ1v) is 8.07. The van der Waals surface area contributed by atoms with Crippen LogP contribution in [0.4, 0.5) is 0 Å². The second-order valence-electron chi connectivity index (χ2n) is 6.15. The van der Waals surface area contributed by atoms with E-state index in [1.807, 2.05) is 12.4 Å². The lowest BCUT2D eigenvalue weighted by Crippen LogP contribution is -2.36. The number of rotatable bonds is 6. The molecule has 1 aromatic heterocycles. The quantitative estimate of drug-likeness (QED) is 0.882. The number of nitrogens with one attached hydrogen (secondary N) is 1. The van der Waals surface area contributed by atoms with Crippen LogP contribution in [0, 0.1) is 0 Å². The molecule has 1 N–H and O–H groups in total. The molecule has 0 amide bonds. The van der Waals surface area contributed by atoms with Crippen molar-refractivity contribution in [3.05, 3.63) is 59.9 Å². The maximum Gasteiger partial charge on any atom is 0.122 e. The van der Waals surface area contributed by atoms with E-state index in [1.54, 1.807) is 7.11 Å². The van der Waals surface area contributed by atoms with E-state index in [2.05, 4.69) is 46.7 Å². The molecular formula is C19H24N2O. The van der Waals surface area contributed by atoms with Gasteiger partial charge in [-0.1, -0.05) is 31.0 Å². The Labute approximate surface area is 132 Å². The van der Waals surface area contributed by atoms with Crippen LogP contribution in [0.3, 0.4) is 0 Å². The molecule has 0 bridgehead atoms. The highest BCUT2D eigenvalue weighted by atomic mass is 16.5. The topological polar surface area (TPSA) is 34.1 Å². The minimum atomic E-state index is 0.208. The van der Waals surface area contributed by atoms with Crippen molar-refractivity contribution < 1.29 is 4.74 Å². The molecule has 0 saturated heterocycles. The molecule has 0 radical (unpaired) electrons. The van der Waals surface area contributed by atoms with Gasteiger partial charge < -0.3 is 10.1 Å². The summed E-state index contributed by atoms with van der Waals surface area (Å²) in [6, 6.07) is 12.6. The summed E-state index contributed by atoms with van der Waals surface area (Å²) in [5, 5.41) is 3.65. The summed E-state index contributed by atoms with van der Waals surface area (Å²) in [6.07, 6.45) is 8.77. The Morgan fingerprint density at radius 3 is 2.55 bits per heavy atom. The van der Waals surface area contributed by atoms with Crippen LogP contribution in [-0.4, -0.2) is 18.6 Å². The zero-order chi connectivity index (χ0) is 15.3. The van der Waals surface area contributed by atoms with Gasteiger partial charge in [-0.05, 0) is 36.6 Å². The second-order valence-corrected chi connectivity index (χ2v) is 6.15. The van der Waals surface area contributed by atoms with Crippen molar-refractivity contribution >= 4 is 0 Å². The van der Waals surface area contributed by atoms with Crippen molar-refractivity contribution in [2.75, 3.05) is 13.7 Å². The molecule has 0 unspecified atom stereocenters.